The Hall–Kier alpha value is -3.03. The van der Waals surface area contributed by atoms with Crippen molar-refractivity contribution in [3.8, 4) is 11.5 Å². The Kier molecular flexibility index (Phi) is 9.01. The van der Waals surface area contributed by atoms with Crippen LogP contribution < -0.4 is 20.1 Å². The summed E-state index contributed by atoms with van der Waals surface area (Å²) in [6, 6.07) is 20.3. The molecule has 3 aromatic rings. The Morgan fingerprint density at radius 3 is 2.49 bits per heavy atom. The number of nitrogens with one attached hydrogen (secondary N) is 2. The average Bonchev–Trinajstić information content (AvgIpc) is 3.85. The van der Waals surface area contributed by atoms with Crippen LogP contribution in [0.4, 0.5) is 0 Å². The molecule has 0 aromatic heterocycles. The van der Waals surface area contributed by atoms with E-state index in [1.54, 1.807) is 0 Å². The molecule has 1 aliphatic carbocycles. The number of halogens is 2. The van der Waals surface area contributed by atoms with Gasteiger partial charge in [0.25, 0.3) is 5.91 Å². The van der Waals surface area contributed by atoms with E-state index in [1.807, 2.05) is 62.4 Å². The number of amides is 1. The first-order chi connectivity index (χ1) is 20.8. The number of carbonyl (C=O) groups excluding carboxylic acids is 1. The van der Waals surface area contributed by atoms with Crippen LogP contribution in [-0.4, -0.2) is 55.7 Å². The highest BCUT2D eigenvalue weighted by atomic mass is 35.5. The molecule has 1 saturated heterocycles. The minimum absolute atomic E-state index is 0.0399. The van der Waals surface area contributed by atoms with Gasteiger partial charge in [-0.05, 0) is 92.1 Å². The van der Waals surface area contributed by atoms with Gasteiger partial charge >= 0.3 is 0 Å². The zero-order valence-corrected chi connectivity index (χ0v) is 26.3. The molecule has 3 aliphatic rings. The molecule has 1 amide bonds. The van der Waals surface area contributed by atoms with Gasteiger partial charge in [0.2, 0.25) is 0 Å². The minimum atomic E-state index is -0.267. The van der Waals surface area contributed by atoms with Crippen molar-refractivity contribution in [2.24, 2.45) is 0 Å². The summed E-state index contributed by atoms with van der Waals surface area (Å²) in [5.41, 5.74) is 5.15. The van der Waals surface area contributed by atoms with Gasteiger partial charge < -0.3 is 19.7 Å². The molecule has 6 rings (SSSR count). The zero-order chi connectivity index (χ0) is 30.0. The fraction of sp³-hybridized carbons (Fsp3) is 0.400. The van der Waals surface area contributed by atoms with Crippen LogP contribution >= 0.6 is 23.2 Å². The molecule has 1 saturated carbocycles. The van der Waals surface area contributed by atoms with Crippen LogP contribution in [0, 0.1) is 13.8 Å². The molecular weight excluding hydrogens is 581 g/mol. The van der Waals surface area contributed by atoms with Crippen molar-refractivity contribution in [3.63, 3.8) is 0 Å². The number of ether oxygens (including phenoxy) is 2. The van der Waals surface area contributed by atoms with Gasteiger partial charge in [-0.2, -0.15) is 0 Å². The van der Waals surface area contributed by atoms with Gasteiger partial charge in [-0.15, -0.1) is 0 Å². The predicted octanol–water partition coefficient (Wildman–Crippen LogP) is 6.39. The highest BCUT2D eigenvalue weighted by molar-refractivity contribution is 6.32. The molecule has 2 N–H and O–H groups in total. The van der Waals surface area contributed by atoms with Crippen LogP contribution in [0.1, 0.15) is 41.5 Å². The van der Waals surface area contributed by atoms with Crippen LogP contribution in [-0.2, 0) is 16.8 Å². The van der Waals surface area contributed by atoms with Crippen molar-refractivity contribution in [3.05, 3.63) is 105 Å². The fourth-order valence-electron chi connectivity index (χ4n) is 6.14. The third-order valence-corrected chi connectivity index (χ3v) is 9.58. The average molecular weight is 621 g/mol. The molecule has 2 aliphatic heterocycles. The number of hydrogen-bond acceptors (Lipinski definition) is 5. The maximum Gasteiger partial charge on any atom is 0.251 e. The topological polar surface area (TPSA) is 62.8 Å². The summed E-state index contributed by atoms with van der Waals surface area (Å²) < 4.78 is 11.8. The molecule has 2 heterocycles. The van der Waals surface area contributed by atoms with Crippen molar-refractivity contribution < 1.29 is 14.3 Å². The van der Waals surface area contributed by atoms with E-state index < -0.39 is 0 Å². The van der Waals surface area contributed by atoms with E-state index in [0.29, 0.717) is 36.6 Å². The smallest absolute Gasteiger partial charge is 0.251 e. The van der Waals surface area contributed by atoms with Crippen molar-refractivity contribution in [2.75, 3.05) is 32.8 Å². The highest BCUT2D eigenvalue weighted by Crippen LogP contribution is 2.36. The quantitative estimate of drug-likeness (QED) is 0.244. The Bertz CT molecular complexity index is 1500. The lowest BCUT2D eigenvalue weighted by atomic mass is 9.78. The van der Waals surface area contributed by atoms with Gasteiger partial charge in [0.15, 0.2) is 0 Å². The van der Waals surface area contributed by atoms with Gasteiger partial charge in [-0.25, -0.2) is 0 Å². The molecule has 2 atom stereocenters. The maximum atomic E-state index is 13.9. The normalized spacial score (nSPS) is 21.2. The van der Waals surface area contributed by atoms with E-state index in [2.05, 4.69) is 33.7 Å². The Morgan fingerprint density at radius 1 is 0.977 bits per heavy atom. The van der Waals surface area contributed by atoms with Crippen molar-refractivity contribution in [1.29, 1.82) is 0 Å². The van der Waals surface area contributed by atoms with E-state index in [1.165, 1.54) is 5.56 Å². The van der Waals surface area contributed by atoms with E-state index in [-0.39, 0.29) is 17.5 Å². The Balaban J connectivity index is 1.07. The fourth-order valence-corrected chi connectivity index (χ4v) is 6.64. The summed E-state index contributed by atoms with van der Waals surface area (Å²) >= 11 is 12.7. The van der Waals surface area contributed by atoms with Crippen LogP contribution in [0.15, 0.2) is 72.3 Å². The van der Waals surface area contributed by atoms with Crippen molar-refractivity contribution in [1.82, 2.24) is 15.5 Å². The van der Waals surface area contributed by atoms with Gasteiger partial charge in [0.05, 0.1) is 16.6 Å². The lowest BCUT2D eigenvalue weighted by molar-refractivity contribution is -0.128. The third-order valence-electron chi connectivity index (χ3n) is 8.91. The van der Waals surface area contributed by atoms with Crippen LogP contribution in [0.25, 0.3) is 0 Å². The number of benzene rings is 3. The molecular formula is C35H39Cl2N3O3. The third kappa shape index (κ3) is 6.73. The molecule has 2 unspecified atom stereocenters. The van der Waals surface area contributed by atoms with E-state index in [0.717, 1.165) is 71.8 Å². The first-order valence-electron chi connectivity index (χ1n) is 15.2. The number of aryl methyl sites for hydroxylation is 2. The lowest BCUT2D eigenvalue weighted by Crippen LogP contribution is -2.65. The summed E-state index contributed by atoms with van der Waals surface area (Å²) in [7, 11) is 0. The summed E-state index contributed by atoms with van der Waals surface area (Å²) in [6.45, 7) is 7.10. The second-order valence-electron chi connectivity index (χ2n) is 11.9. The predicted molar refractivity (Wildman–Crippen MR) is 172 cm³/mol. The number of rotatable bonds is 11. The number of hydrogen-bond donors (Lipinski definition) is 2. The van der Waals surface area contributed by atoms with Gasteiger partial charge in [-0.1, -0.05) is 59.6 Å². The second kappa shape index (κ2) is 12.9. The van der Waals surface area contributed by atoms with E-state index in [4.69, 9.17) is 32.7 Å². The summed E-state index contributed by atoms with van der Waals surface area (Å²) in [4.78, 5) is 15.9. The molecule has 6 nitrogen and oxygen atoms in total. The standard InChI is InChI=1S/C35H39Cl2N3O3/c1-23-19-31(37)33(20-24(23)2)43-18-17-42-28-11-7-26(8-12-28)35-15-13-29(32(39-35)21-38-22-35)34(41)40(27-9-10-27)16-14-25-5-3-4-6-30(25)36/h3-8,11-13,19-20,27,32,38-39H,9-10,14-18,21-22H2,1-2H3. The minimum Gasteiger partial charge on any atom is -0.490 e. The number of piperazine rings is 1. The number of nitrogens with zero attached hydrogens (tertiary/aromatic N) is 1. The summed E-state index contributed by atoms with van der Waals surface area (Å²) in [5.74, 6) is 1.62. The van der Waals surface area contributed by atoms with E-state index in [9.17, 15) is 4.79 Å². The highest BCUT2D eigenvalue weighted by Gasteiger charge is 2.44. The summed E-state index contributed by atoms with van der Waals surface area (Å²) in [5, 5.41) is 8.81. The number of carbonyl (C=O) groups is 1. The van der Waals surface area contributed by atoms with Gasteiger partial charge in [0, 0.05) is 36.3 Å². The molecule has 43 heavy (non-hydrogen) atoms. The van der Waals surface area contributed by atoms with Crippen molar-refractivity contribution in [2.45, 2.75) is 57.2 Å². The molecule has 2 fully saturated rings. The lowest BCUT2D eigenvalue weighted by Gasteiger charge is -2.47. The van der Waals surface area contributed by atoms with Crippen LogP contribution in [0.3, 0.4) is 0 Å². The monoisotopic (exact) mass is 619 g/mol. The Labute approximate surface area is 264 Å². The van der Waals surface area contributed by atoms with Crippen molar-refractivity contribution >= 4 is 29.1 Å². The summed E-state index contributed by atoms with van der Waals surface area (Å²) in [6.07, 6.45) is 5.82. The SMILES string of the molecule is Cc1cc(Cl)c(OCCOc2ccc(C34CC=C(C(=O)N(CCc5ccccc5Cl)C5CC5)C(CNC3)N4)cc2)cc1C. The van der Waals surface area contributed by atoms with Crippen LogP contribution in [0.5, 0.6) is 11.5 Å². The van der Waals surface area contributed by atoms with Crippen LogP contribution in [0.2, 0.25) is 10.0 Å². The Morgan fingerprint density at radius 2 is 1.72 bits per heavy atom. The van der Waals surface area contributed by atoms with Gasteiger partial charge in [-0.3, -0.25) is 10.1 Å². The molecule has 2 bridgehead atoms. The molecule has 3 aromatic carbocycles. The number of fused-ring (bicyclic) bond motifs is 2. The molecule has 0 spiro atoms. The second-order valence-corrected chi connectivity index (χ2v) is 12.7. The molecule has 0 radical (unpaired) electrons. The first kappa shape index (κ1) is 30.0. The largest absolute Gasteiger partial charge is 0.490 e. The first-order valence-corrected chi connectivity index (χ1v) is 15.9. The maximum absolute atomic E-state index is 13.9. The van der Waals surface area contributed by atoms with Gasteiger partial charge in [0.1, 0.15) is 24.7 Å². The molecule has 226 valence electrons. The zero-order valence-electron chi connectivity index (χ0n) is 24.8. The van der Waals surface area contributed by atoms with E-state index >= 15 is 0 Å². The molecule has 8 heteroatoms.